The highest BCUT2D eigenvalue weighted by Crippen LogP contribution is 2.31. The van der Waals surface area contributed by atoms with Crippen molar-refractivity contribution in [1.29, 1.82) is 0 Å². The smallest absolute Gasteiger partial charge is 0.277 e. The molecule has 0 saturated heterocycles. The van der Waals surface area contributed by atoms with Gasteiger partial charge in [-0.1, -0.05) is 72.1 Å². The van der Waals surface area contributed by atoms with E-state index in [0.29, 0.717) is 16.3 Å². The molecule has 0 bridgehead atoms. The first-order valence-electron chi connectivity index (χ1n) is 14.3. The van der Waals surface area contributed by atoms with E-state index >= 15 is 0 Å². The molecule has 0 heterocycles. The Morgan fingerprint density at radius 1 is 0.792 bits per heavy atom. The van der Waals surface area contributed by atoms with Crippen molar-refractivity contribution in [1.82, 2.24) is 10.6 Å². The lowest BCUT2D eigenvalue weighted by atomic mass is 9.92. The lowest BCUT2D eigenvalue weighted by molar-refractivity contribution is -0.394. The lowest BCUT2D eigenvalue weighted by Gasteiger charge is -2.30. The van der Waals surface area contributed by atoms with Crippen LogP contribution in [0.2, 0.25) is 13.1 Å². The minimum Gasteiger partial charge on any atom is -0.416 e. The van der Waals surface area contributed by atoms with Crippen LogP contribution in [0.5, 0.6) is 0 Å². The molecule has 0 saturated carbocycles. The number of nitrogens with zero attached hydrogens (tertiary/aromatic N) is 2. The molecule has 0 spiro atoms. The van der Waals surface area contributed by atoms with Crippen LogP contribution in [-0.2, 0) is 9.22 Å². The van der Waals surface area contributed by atoms with Gasteiger partial charge in [-0.25, -0.2) is 0 Å². The fourth-order valence-electron chi connectivity index (χ4n) is 4.39. The van der Waals surface area contributed by atoms with Gasteiger partial charge in [0.05, 0.1) is 40.0 Å². The highest BCUT2D eigenvalue weighted by Gasteiger charge is 2.32. The molecule has 48 heavy (non-hydrogen) atoms. The zero-order valence-electron chi connectivity index (χ0n) is 26.3. The van der Waals surface area contributed by atoms with Crippen molar-refractivity contribution in [2.75, 3.05) is 7.11 Å². The summed E-state index contributed by atoms with van der Waals surface area (Å²) in [5.41, 5.74) is 20.5. The van der Waals surface area contributed by atoms with Crippen LogP contribution >= 0.6 is 0 Å². The second-order valence-electron chi connectivity index (χ2n) is 10.5. The van der Waals surface area contributed by atoms with Crippen molar-refractivity contribution in [3.8, 4) is 0 Å². The Kier molecular flexibility index (Phi) is 13.0. The monoisotopic (exact) mass is 658 g/mol. The number of nitrogens with one attached hydrogen (secondary N) is 2. The number of carbonyl (C=O) groups excluding carboxylic acids is 2. The molecule has 240 valence electrons. The van der Waals surface area contributed by atoms with Gasteiger partial charge in [0, 0.05) is 24.4 Å². The van der Waals surface area contributed by atoms with E-state index in [1.165, 1.54) is 0 Å². The van der Waals surface area contributed by atoms with Crippen LogP contribution in [0.15, 0.2) is 136 Å². The van der Waals surface area contributed by atoms with E-state index in [9.17, 15) is 29.8 Å². The maximum Gasteiger partial charge on any atom is 0.277 e. The van der Waals surface area contributed by atoms with E-state index < -0.39 is 53.4 Å². The molecular weight excluding hydrogens is 629 g/mol. The number of nitro benzene ring substituents is 2. The van der Waals surface area contributed by atoms with Crippen LogP contribution in [-0.4, -0.2) is 37.1 Å². The summed E-state index contributed by atoms with van der Waals surface area (Å²) in [5, 5.41) is 29.4. The van der Waals surface area contributed by atoms with Crippen molar-refractivity contribution in [2.45, 2.75) is 31.6 Å². The van der Waals surface area contributed by atoms with E-state index in [1.54, 1.807) is 67.8 Å². The Hall–Kier alpha value is -6.44. The SMILES string of the molecule is C=C=C=C=C=C=C=C=C=C(CC(=O)NC(c1ccccc1)C(NC(=O)c1cc([N+](=O)[O-])cc([N+](=O)[O-])c1)c1ccccc1)[Si](C)(C)OC. The summed E-state index contributed by atoms with van der Waals surface area (Å²) in [6.07, 6.45) is -0.129. The van der Waals surface area contributed by atoms with Crippen LogP contribution < -0.4 is 10.6 Å². The molecule has 2 atom stereocenters. The molecule has 2 amide bonds. The van der Waals surface area contributed by atoms with Gasteiger partial charge in [-0.2, -0.15) is 0 Å². The minimum atomic E-state index is -2.60. The maximum atomic E-state index is 13.8. The first-order valence-corrected chi connectivity index (χ1v) is 17.2. The molecule has 12 heteroatoms. The molecule has 11 nitrogen and oxygen atoms in total. The minimum absolute atomic E-state index is 0.129. The van der Waals surface area contributed by atoms with Crippen molar-refractivity contribution in [3.05, 3.63) is 173 Å². The van der Waals surface area contributed by atoms with E-state index in [0.717, 1.165) is 18.2 Å². The van der Waals surface area contributed by atoms with Gasteiger partial charge >= 0.3 is 0 Å². The first-order chi connectivity index (χ1) is 23.0. The summed E-state index contributed by atoms with van der Waals surface area (Å²) in [4.78, 5) is 48.8. The van der Waals surface area contributed by atoms with Gasteiger partial charge in [0.2, 0.25) is 14.2 Å². The summed E-state index contributed by atoms with van der Waals surface area (Å²) in [5.74, 6) is -1.25. The Labute approximate surface area is 277 Å². The number of hydrogen-bond acceptors (Lipinski definition) is 7. The molecular formula is C36H30N4O7Si. The molecule has 0 aliphatic heterocycles. The number of hydrogen-bond donors (Lipinski definition) is 2. The quantitative estimate of drug-likeness (QED) is 0.0987. The van der Waals surface area contributed by atoms with Crippen molar-refractivity contribution >= 4 is 31.5 Å². The molecule has 3 aromatic rings. The molecule has 0 fully saturated rings. The number of amides is 2. The highest BCUT2D eigenvalue weighted by atomic mass is 28.4. The van der Waals surface area contributed by atoms with Crippen molar-refractivity contribution in [3.63, 3.8) is 0 Å². The summed E-state index contributed by atoms with van der Waals surface area (Å²) < 4.78 is 5.74. The largest absolute Gasteiger partial charge is 0.416 e. The standard InChI is InChI=1S/C36H30N4O7Si/c1-5-6-7-8-9-10-17-22-32(48(3,4)47-2)26-33(41)37-34(27-18-13-11-14-19-27)35(28-20-15-12-16-21-28)38-36(42)29-23-30(39(43)44)25-31(24-29)40(45)46/h11-16,18-21,23-25,34-35H,1,26H2,2-4H3,(H,37,41)(H,38,42). The van der Waals surface area contributed by atoms with Gasteiger partial charge in [0.25, 0.3) is 17.3 Å². The van der Waals surface area contributed by atoms with Gasteiger partial charge in [0.15, 0.2) is 0 Å². The fraction of sp³-hybridized carbons (Fsp3) is 0.167. The highest BCUT2D eigenvalue weighted by molar-refractivity contribution is 6.78. The molecule has 2 N–H and O–H groups in total. The summed E-state index contributed by atoms with van der Waals surface area (Å²) in [6.45, 7) is 7.14. The third kappa shape index (κ3) is 10.3. The van der Waals surface area contributed by atoms with Crippen LogP contribution in [0.1, 0.15) is 40.0 Å². The van der Waals surface area contributed by atoms with E-state index in [2.05, 4.69) is 63.1 Å². The van der Waals surface area contributed by atoms with Crippen molar-refractivity contribution < 1.29 is 23.9 Å². The molecule has 2 unspecified atom stereocenters. The molecule has 3 rings (SSSR count). The van der Waals surface area contributed by atoms with Crippen LogP contribution in [0.3, 0.4) is 0 Å². The second-order valence-corrected chi connectivity index (χ2v) is 14.5. The molecule has 0 radical (unpaired) electrons. The topological polar surface area (TPSA) is 154 Å². The van der Waals surface area contributed by atoms with Gasteiger partial charge in [-0.3, -0.25) is 29.8 Å². The Morgan fingerprint density at radius 2 is 1.27 bits per heavy atom. The average Bonchev–Trinajstić information content (AvgIpc) is 3.09. The molecule has 0 aliphatic carbocycles. The summed E-state index contributed by atoms with van der Waals surface area (Å²) >= 11 is 0. The Bertz CT molecular complexity index is 2000. The number of nitro groups is 2. The molecule has 0 aromatic heterocycles. The van der Waals surface area contributed by atoms with Crippen LogP contribution in [0.4, 0.5) is 11.4 Å². The number of rotatable bonds is 12. The number of non-ortho nitro benzene ring substituents is 2. The van der Waals surface area contributed by atoms with Crippen molar-refractivity contribution in [2.24, 2.45) is 0 Å². The van der Waals surface area contributed by atoms with E-state index in [1.807, 2.05) is 13.1 Å². The fourth-order valence-corrected chi connectivity index (χ4v) is 5.59. The Morgan fingerprint density at radius 3 is 1.75 bits per heavy atom. The van der Waals surface area contributed by atoms with Gasteiger partial charge < -0.3 is 15.1 Å². The predicted molar refractivity (Wildman–Crippen MR) is 180 cm³/mol. The summed E-state index contributed by atoms with van der Waals surface area (Å²) in [7, 11) is -1.06. The van der Waals surface area contributed by atoms with Crippen LogP contribution in [0.25, 0.3) is 0 Å². The normalized spacial score (nSPS) is 11.1. The van der Waals surface area contributed by atoms with Gasteiger partial charge in [-0.05, 0) is 65.2 Å². The van der Waals surface area contributed by atoms with E-state index in [4.69, 9.17) is 4.43 Å². The number of carbonyl (C=O) groups is 2. The average molecular weight is 659 g/mol. The third-order valence-electron chi connectivity index (χ3n) is 7.03. The third-order valence-corrected chi connectivity index (χ3v) is 9.80. The lowest BCUT2D eigenvalue weighted by Crippen LogP contribution is -2.42. The maximum absolute atomic E-state index is 13.8. The Balaban J connectivity index is 2.12. The van der Waals surface area contributed by atoms with Crippen LogP contribution in [0, 0.1) is 20.2 Å². The second kappa shape index (κ2) is 17.3. The first kappa shape index (κ1) is 36.0. The zero-order valence-corrected chi connectivity index (χ0v) is 27.3. The molecule has 0 aliphatic rings. The predicted octanol–water partition coefficient (Wildman–Crippen LogP) is 6.41. The summed E-state index contributed by atoms with van der Waals surface area (Å²) in [6, 6.07) is 18.6. The zero-order chi connectivity index (χ0) is 35.1. The van der Waals surface area contributed by atoms with E-state index in [-0.39, 0.29) is 12.0 Å². The number of benzene rings is 3. The van der Waals surface area contributed by atoms with Gasteiger partial charge in [-0.15, -0.1) is 0 Å². The molecule has 3 aromatic carbocycles. The van der Waals surface area contributed by atoms with Gasteiger partial charge in [0.1, 0.15) is 0 Å².